The van der Waals surface area contributed by atoms with Gasteiger partial charge >= 0.3 is 0 Å². The summed E-state index contributed by atoms with van der Waals surface area (Å²) < 4.78 is 0. The van der Waals surface area contributed by atoms with Crippen molar-refractivity contribution in [3.8, 4) is 0 Å². The molecule has 0 aliphatic carbocycles. The van der Waals surface area contributed by atoms with E-state index in [0.29, 0.717) is 12.3 Å². The van der Waals surface area contributed by atoms with Gasteiger partial charge in [-0.1, -0.05) is 41.5 Å². The summed E-state index contributed by atoms with van der Waals surface area (Å²) in [5, 5.41) is 0. The molecular weight excluding hydrogens is 340 g/mol. The first-order valence-corrected chi connectivity index (χ1v) is 10.4. The van der Waals surface area contributed by atoms with Crippen LogP contribution in [0, 0.1) is 11.8 Å². The minimum absolute atomic E-state index is 0.0565. The van der Waals surface area contributed by atoms with Gasteiger partial charge < -0.3 is 14.7 Å². The Bertz CT molecular complexity index is 400. The molecule has 0 saturated carbocycles. The second-order valence-electron chi connectivity index (χ2n) is 7.88. The number of likely N-dealkylation sites (N-methyl/N-ethyl adjacent to an activating group) is 4. The van der Waals surface area contributed by atoms with E-state index in [9.17, 15) is 9.59 Å². The lowest BCUT2D eigenvalue weighted by molar-refractivity contribution is -0.133. The van der Waals surface area contributed by atoms with Crippen LogP contribution in [0.5, 0.6) is 0 Å². The molecule has 0 spiro atoms. The summed E-state index contributed by atoms with van der Waals surface area (Å²) in [7, 11) is 8.08. The zero-order chi connectivity index (χ0) is 21.6. The normalized spacial score (nSPS) is 11.4. The Balaban J connectivity index is 0. The molecule has 0 unspecified atom stereocenters. The van der Waals surface area contributed by atoms with E-state index in [2.05, 4.69) is 28.8 Å². The summed E-state index contributed by atoms with van der Waals surface area (Å²) >= 11 is 0. The number of hydrogen-bond donors (Lipinski definition) is 0. The highest BCUT2D eigenvalue weighted by atomic mass is 16.2. The number of Topliss-reactive ketones (excluding diaryl/α,β-unsaturated/α-hetero) is 1. The van der Waals surface area contributed by atoms with Gasteiger partial charge in [-0.15, -0.1) is 0 Å². The summed E-state index contributed by atoms with van der Waals surface area (Å²) in [4.78, 5) is 32.0. The van der Waals surface area contributed by atoms with Crippen LogP contribution in [0.15, 0.2) is 0 Å². The number of rotatable bonds is 13. The summed E-state index contributed by atoms with van der Waals surface area (Å²) in [5.41, 5.74) is 0. The first-order valence-electron chi connectivity index (χ1n) is 10.4. The maximum absolute atomic E-state index is 11.9. The molecule has 0 N–H and O–H groups in total. The molecule has 1 amide bonds. The molecule has 0 rings (SSSR count). The zero-order valence-corrected chi connectivity index (χ0v) is 19.7. The third-order valence-electron chi connectivity index (χ3n) is 4.48. The van der Waals surface area contributed by atoms with Crippen molar-refractivity contribution in [2.24, 2.45) is 11.8 Å². The van der Waals surface area contributed by atoms with Crippen molar-refractivity contribution >= 4 is 11.7 Å². The van der Waals surface area contributed by atoms with Gasteiger partial charge in [0.25, 0.3) is 0 Å². The molecule has 0 aliphatic rings. The van der Waals surface area contributed by atoms with Crippen molar-refractivity contribution in [1.29, 1.82) is 0 Å². The number of amides is 1. The first-order chi connectivity index (χ1) is 12.5. The molecular formula is C21H46N4O2. The molecule has 6 nitrogen and oxygen atoms in total. The van der Waals surface area contributed by atoms with Gasteiger partial charge in [-0.3, -0.25) is 14.5 Å². The highest BCUT2D eigenvalue weighted by molar-refractivity contribution is 5.82. The fourth-order valence-corrected chi connectivity index (χ4v) is 2.31. The quantitative estimate of drug-likeness (QED) is 0.485. The molecule has 27 heavy (non-hydrogen) atoms. The van der Waals surface area contributed by atoms with E-state index in [1.165, 1.54) is 0 Å². The molecule has 0 aromatic rings. The van der Waals surface area contributed by atoms with Gasteiger partial charge in [0, 0.05) is 58.2 Å². The van der Waals surface area contributed by atoms with Crippen molar-refractivity contribution < 1.29 is 9.59 Å². The SMILES string of the molecule is CC.CC(C)C(=O)CN(C)CCN(C)CCN(C)CCN(C)C(=O)C(C)C. The Morgan fingerprint density at radius 3 is 1.37 bits per heavy atom. The third kappa shape index (κ3) is 14.7. The highest BCUT2D eigenvalue weighted by Crippen LogP contribution is 1.99. The maximum Gasteiger partial charge on any atom is 0.224 e. The van der Waals surface area contributed by atoms with Crippen molar-refractivity contribution in [3.05, 3.63) is 0 Å². The predicted molar refractivity (Wildman–Crippen MR) is 116 cm³/mol. The van der Waals surface area contributed by atoms with E-state index in [0.717, 1.165) is 39.3 Å². The van der Waals surface area contributed by atoms with Crippen molar-refractivity contribution in [2.45, 2.75) is 41.5 Å². The van der Waals surface area contributed by atoms with Crippen LogP contribution >= 0.6 is 0 Å². The second-order valence-corrected chi connectivity index (χ2v) is 7.88. The van der Waals surface area contributed by atoms with Crippen LogP contribution in [0.2, 0.25) is 0 Å². The van der Waals surface area contributed by atoms with Crippen molar-refractivity contribution in [1.82, 2.24) is 19.6 Å². The first kappa shape index (κ1) is 28.2. The highest BCUT2D eigenvalue weighted by Gasteiger charge is 2.14. The molecule has 0 aromatic heterocycles. The van der Waals surface area contributed by atoms with Crippen LogP contribution in [-0.4, -0.2) is 105 Å². The predicted octanol–water partition coefficient (Wildman–Crippen LogP) is 2.15. The Morgan fingerprint density at radius 1 is 0.630 bits per heavy atom. The van der Waals surface area contributed by atoms with Crippen LogP contribution in [0.3, 0.4) is 0 Å². The molecule has 0 bridgehead atoms. The summed E-state index contributed by atoms with van der Waals surface area (Å²) in [5.74, 6) is 0.657. The van der Waals surface area contributed by atoms with Crippen LogP contribution in [-0.2, 0) is 9.59 Å². The average Bonchev–Trinajstić information content (AvgIpc) is 2.63. The summed E-state index contributed by atoms with van der Waals surface area (Å²) in [6.07, 6.45) is 0. The van der Waals surface area contributed by atoms with Gasteiger partial charge in [0.15, 0.2) is 0 Å². The molecule has 0 aliphatic heterocycles. The Hall–Kier alpha value is -0.980. The molecule has 0 fully saturated rings. The minimum Gasteiger partial charge on any atom is -0.344 e. The summed E-state index contributed by atoms with van der Waals surface area (Å²) in [6.45, 7) is 17.7. The molecule has 0 saturated heterocycles. The van der Waals surface area contributed by atoms with Crippen LogP contribution in [0.25, 0.3) is 0 Å². The van der Waals surface area contributed by atoms with E-state index in [4.69, 9.17) is 0 Å². The molecule has 0 radical (unpaired) electrons. The van der Waals surface area contributed by atoms with Crippen LogP contribution < -0.4 is 0 Å². The van der Waals surface area contributed by atoms with Crippen LogP contribution in [0.4, 0.5) is 0 Å². The van der Waals surface area contributed by atoms with E-state index >= 15 is 0 Å². The van der Waals surface area contributed by atoms with Gasteiger partial charge in [-0.2, -0.15) is 0 Å². The smallest absolute Gasteiger partial charge is 0.224 e. The number of carbonyl (C=O) groups is 2. The Kier molecular flexibility index (Phi) is 16.7. The number of hydrogen-bond acceptors (Lipinski definition) is 5. The fraction of sp³-hybridized carbons (Fsp3) is 0.905. The van der Waals surface area contributed by atoms with Crippen molar-refractivity contribution in [2.75, 3.05) is 74.0 Å². The van der Waals surface area contributed by atoms with Gasteiger partial charge in [0.2, 0.25) is 5.91 Å². The van der Waals surface area contributed by atoms with E-state index in [-0.39, 0.29) is 17.7 Å². The fourth-order valence-electron chi connectivity index (χ4n) is 2.31. The van der Waals surface area contributed by atoms with Gasteiger partial charge in [-0.05, 0) is 21.1 Å². The molecule has 6 heteroatoms. The standard InChI is InChI=1S/C19H40N4O2.C2H6/c1-16(2)18(24)15-22(7)12-11-20(5)9-10-21(6)13-14-23(8)19(25)17(3)4;1-2/h16-17H,9-15H2,1-8H3;1-2H3. The lowest BCUT2D eigenvalue weighted by atomic mass is 10.1. The monoisotopic (exact) mass is 386 g/mol. The van der Waals surface area contributed by atoms with Gasteiger partial charge in [0.05, 0.1) is 6.54 Å². The minimum atomic E-state index is 0.0565. The molecule has 0 aromatic carbocycles. The van der Waals surface area contributed by atoms with E-state index < -0.39 is 0 Å². The average molecular weight is 387 g/mol. The Labute approximate surface area is 168 Å². The topological polar surface area (TPSA) is 47.1 Å². The second kappa shape index (κ2) is 16.0. The third-order valence-corrected chi connectivity index (χ3v) is 4.48. The molecule has 0 atom stereocenters. The van der Waals surface area contributed by atoms with E-state index in [1.54, 1.807) is 0 Å². The Morgan fingerprint density at radius 2 is 1.00 bits per heavy atom. The largest absolute Gasteiger partial charge is 0.344 e. The van der Waals surface area contributed by atoms with Gasteiger partial charge in [0.1, 0.15) is 5.78 Å². The molecule has 162 valence electrons. The maximum atomic E-state index is 11.9. The van der Waals surface area contributed by atoms with E-state index in [1.807, 2.05) is 60.5 Å². The number of ketones is 1. The van der Waals surface area contributed by atoms with Crippen molar-refractivity contribution in [3.63, 3.8) is 0 Å². The zero-order valence-electron chi connectivity index (χ0n) is 19.7. The number of nitrogens with zero attached hydrogens (tertiary/aromatic N) is 4. The van der Waals surface area contributed by atoms with Gasteiger partial charge in [-0.25, -0.2) is 0 Å². The number of carbonyl (C=O) groups excluding carboxylic acids is 2. The lowest BCUT2D eigenvalue weighted by Crippen LogP contribution is -2.40. The summed E-state index contributed by atoms with van der Waals surface area (Å²) in [6, 6.07) is 0. The van der Waals surface area contributed by atoms with Crippen LogP contribution in [0.1, 0.15) is 41.5 Å². The lowest BCUT2D eigenvalue weighted by Gasteiger charge is -2.26. The molecule has 0 heterocycles.